The van der Waals surface area contributed by atoms with Crippen molar-refractivity contribution in [3.63, 3.8) is 0 Å². The Kier molecular flexibility index (Phi) is 9.07. The van der Waals surface area contributed by atoms with E-state index >= 15 is 8.78 Å². The van der Waals surface area contributed by atoms with Crippen LogP contribution in [0.25, 0.3) is 11.1 Å². The van der Waals surface area contributed by atoms with Crippen molar-refractivity contribution in [1.29, 1.82) is 0 Å². The number of benzene rings is 3. The lowest BCUT2D eigenvalue weighted by atomic mass is 9.82. The molecule has 0 aromatic heterocycles. The second-order valence-electron chi connectivity index (χ2n) is 9.67. The number of aliphatic hydroxyl groups excluding tert-OH is 1. The number of hydrogen-bond acceptors (Lipinski definition) is 4. The van der Waals surface area contributed by atoms with E-state index in [0.717, 1.165) is 6.07 Å². The van der Waals surface area contributed by atoms with E-state index in [-0.39, 0.29) is 29.4 Å². The summed E-state index contributed by atoms with van der Waals surface area (Å²) in [6, 6.07) is 12.0. The van der Waals surface area contributed by atoms with Crippen LogP contribution in [-0.4, -0.2) is 23.8 Å². The van der Waals surface area contributed by atoms with Crippen molar-refractivity contribution in [2.75, 3.05) is 6.61 Å². The first kappa shape index (κ1) is 28.4. The standard InChI is InChI=1S/C31H30F4O4/c1-3-4-17-38-26-16-15-25(29(34)30(26)35)31(37)39-22-11-9-21(10-12-22)24-14-13-23(27(32)28(24)33)20-7-5-19(6-8-20)18(2)36/h3,5-8,13-16,18,21-22,36H,1,4,9-12,17H2,2H3. The number of ether oxygens (including phenoxy) is 2. The van der Waals surface area contributed by atoms with Gasteiger partial charge in [-0.15, -0.1) is 6.58 Å². The number of hydrogen-bond donors (Lipinski definition) is 1. The quantitative estimate of drug-likeness (QED) is 0.130. The summed E-state index contributed by atoms with van der Waals surface area (Å²) in [5.74, 6) is -6.04. The second-order valence-corrected chi connectivity index (χ2v) is 9.67. The normalized spacial score (nSPS) is 17.9. The summed E-state index contributed by atoms with van der Waals surface area (Å²) < 4.78 is 69.5. The molecule has 4 nitrogen and oxygen atoms in total. The Labute approximate surface area is 224 Å². The third kappa shape index (κ3) is 6.33. The molecular weight excluding hydrogens is 512 g/mol. The van der Waals surface area contributed by atoms with Crippen molar-refractivity contribution in [2.45, 2.75) is 57.2 Å². The number of carbonyl (C=O) groups is 1. The Morgan fingerprint density at radius 1 is 0.949 bits per heavy atom. The monoisotopic (exact) mass is 542 g/mol. The van der Waals surface area contributed by atoms with E-state index in [1.807, 2.05) is 0 Å². The van der Waals surface area contributed by atoms with Gasteiger partial charge in [0.15, 0.2) is 23.2 Å². The Morgan fingerprint density at radius 3 is 2.28 bits per heavy atom. The Bertz CT molecular complexity index is 1330. The fourth-order valence-electron chi connectivity index (χ4n) is 4.80. The van der Waals surface area contributed by atoms with E-state index in [1.165, 1.54) is 6.07 Å². The zero-order chi connectivity index (χ0) is 28.1. The lowest BCUT2D eigenvalue weighted by molar-refractivity contribution is 0.0188. The first-order valence-electron chi connectivity index (χ1n) is 12.9. The molecule has 0 spiro atoms. The van der Waals surface area contributed by atoms with Gasteiger partial charge in [0.1, 0.15) is 6.10 Å². The summed E-state index contributed by atoms with van der Waals surface area (Å²) in [6.45, 7) is 5.27. The maximum Gasteiger partial charge on any atom is 0.341 e. The van der Waals surface area contributed by atoms with E-state index in [0.29, 0.717) is 43.2 Å². The van der Waals surface area contributed by atoms with Crippen LogP contribution in [0.3, 0.4) is 0 Å². The van der Waals surface area contributed by atoms with Crippen LogP contribution in [0.15, 0.2) is 61.2 Å². The minimum Gasteiger partial charge on any atom is -0.490 e. The predicted octanol–water partition coefficient (Wildman–Crippen LogP) is 7.80. The van der Waals surface area contributed by atoms with Crippen LogP contribution < -0.4 is 4.74 Å². The molecule has 39 heavy (non-hydrogen) atoms. The van der Waals surface area contributed by atoms with Gasteiger partial charge in [-0.2, -0.15) is 4.39 Å². The first-order chi connectivity index (χ1) is 18.7. The molecular formula is C31H30F4O4. The molecule has 1 fully saturated rings. The highest BCUT2D eigenvalue weighted by atomic mass is 19.2. The van der Waals surface area contributed by atoms with E-state index in [1.54, 1.807) is 49.4 Å². The molecule has 3 aromatic rings. The van der Waals surface area contributed by atoms with E-state index in [2.05, 4.69) is 6.58 Å². The molecule has 1 N–H and O–H groups in total. The van der Waals surface area contributed by atoms with Crippen LogP contribution in [0.5, 0.6) is 5.75 Å². The lowest BCUT2D eigenvalue weighted by Crippen LogP contribution is -2.25. The molecule has 8 heteroatoms. The minimum absolute atomic E-state index is 0.122. The third-order valence-corrected chi connectivity index (χ3v) is 7.05. The summed E-state index contributed by atoms with van der Waals surface area (Å²) in [7, 11) is 0. The smallest absolute Gasteiger partial charge is 0.341 e. The van der Waals surface area contributed by atoms with Gasteiger partial charge < -0.3 is 14.6 Å². The zero-order valence-corrected chi connectivity index (χ0v) is 21.6. The number of rotatable bonds is 9. The van der Waals surface area contributed by atoms with Crippen LogP contribution >= 0.6 is 0 Å². The SMILES string of the molecule is C=CCCOc1ccc(C(=O)OC2CCC(c3ccc(-c4ccc(C(C)O)cc4)c(F)c3F)CC2)c(F)c1F. The van der Waals surface area contributed by atoms with Gasteiger partial charge in [0, 0.05) is 5.56 Å². The Balaban J connectivity index is 1.38. The molecule has 0 heterocycles. The second kappa shape index (κ2) is 12.5. The number of aliphatic hydroxyl groups is 1. The van der Waals surface area contributed by atoms with Crippen LogP contribution in [0.4, 0.5) is 17.6 Å². The lowest BCUT2D eigenvalue weighted by Gasteiger charge is -2.29. The van der Waals surface area contributed by atoms with Crippen molar-refractivity contribution in [1.82, 2.24) is 0 Å². The molecule has 4 rings (SSSR count). The number of esters is 1. The van der Waals surface area contributed by atoms with Crippen LogP contribution in [0, 0.1) is 23.3 Å². The van der Waals surface area contributed by atoms with Crippen molar-refractivity contribution < 1.29 is 36.9 Å². The molecule has 1 unspecified atom stereocenters. The van der Waals surface area contributed by atoms with Gasteiger partial charge in [-0.25, -0.2) is 18.0 Å². The number of carbonyl (C=O) groups excluding carboxylic acids is 1. The molecule has 1 atom stereocenters. The largest absolute Gasteiger partial charge is 0.490 e. The Morgan fingerprint density at radius 2 is 1.64 bits per heavy atom. The fourth-order valence-corrected chi connectivity index (χ4v) is 4.80. The van der Waals surface area contributed by atoms with Crippen LogP contribution in [-0.2, 0) is 4.74 Å². The summed E-state index contributed by atoms with van der Waals surface area (Å²) >= 11 is 0. The summed E-state index contributed by atoms with van der Waals surface area (Å²) in [6.07, 6.45) is 2.42. The fraction of sp³-hybridized carbons (Fsp3) is 0.323. The topological polar surface area (TPSA) is 55.8 Å². The molecule has 206 valence electrons. The molecule has 0 radical (unpaired) electrons. The molecule has 1 aliphatic rings. The molecule has 1 saturated carbocycles. The van der Waals surface area contributed by atoms with E-state index < -0.39 is 47.0 Å². The van der Waals surface area contributed by atoms with Crippen molar-refractivity contribution in [3.05, 3.63) is 101 Å². The minimum atomic E-state index is -1.34. The van der Waals surface area contributed by atoms with Gasteiger partial charge in [-0.05, 0) is 73.8 Å². The van der Waals surface area contributed by atoms with Crippen LogP contribution in [0.1, 0.15) is 72.5 Å². The highest BCUT2D eigenvalue weighted by molar-refractivity contribution is 5.90. The highest BCUT2D eigenvalue weighted by Crippen LogP contribution is 2.38. The summed E-state index contributed by atoms with van der Waals surface area (Å²) in [4.78, 5) is 12.5. The maximum atomic E-state index is 15.1. The number of halogens is 4. The van der Waals surface area contributed by atoms with Crippen LogP contribution in [0.2, 0.25) is 0 Å². The van der Waals surface area contributed by atoms with Gasteiger partial charge in [-0.1, -0.05) is 42.5 Å². The molecule has 0 aliphatic heterocycles. The van der Waals surface area contributed by atoms with Gasteiger partial charge in [0.2, 0.25) is 5.82 Å². The van der Waals surface area contributed by atoms with Crippen molar-refractivity contribution in [2.24, 2.45) is 0 Å². The van der Waals surface area contributed by atoms with Gasteiger partial charge >= 0.3 is 5.97 Å². The highest BCUT2D eigenvalue weighted by Gasteiger charge is 2.30. The molecule has 0 bridgehead atoms. The summed E-state index contributed by atoms with van der Waals surface area (Å²) in [5, 5.41) is 9.66. The summed E-state index contributed by atoms with van der Waals surface area (Å²) in [5.41, 5.74) is 1.02. The molecule has 0 saturated heterocycles. The van der Waals surface area contributed by atoms with Gasteiger partial charge in [-0.3, -0.25) is 0 Å². The van der Waals surface area contributed by atoms with E-state index in [9.17, 15) is 18.7 Å². The average molecular weight is 543 g/mol. The molecule has 0 amide bonds. The first-order valence-corrected chi connectivity index (χ1v) is 12.9. The van der Waals surface area contributed by atoms with Crippen molar-refractivity contribution >= 4 is 5.97 Å². The maximum absolute atomic E-state index is 15.1. The predicted molar refractivity (Wildman–Crippen MR) is 140 cm³/mol. The van der Waals surface area contributed by atoms with E-state index in [4.69, 9.17) is 9.47 Å². The average Bonchev–Trinajstić information content (AvgIpc) is 2.93. The van der Waals surface area contributed by atoms with Gasteiger partial charge in [0.25, 0.3) is 0 Å². The van der Waals surface area contributed by atoms with Gasteiger partial charge in [0.05, 0.1) is 18.3 Å². The molecule has 3 aromatic carbocycles. The third-order valence-electron chi connectivity index (χ3n) is 7.05. The molecule has 1 aliphatic carbocycles. The zero-order valence-electron chi connectivity index (χ0n) is 21.6. The van der Waals surface area contributed by atoms with Crippen molar-refractivity contribution in [3.8, 4) is 16.9 Å². The Hall–Kier alpha value is -3.65.